The first-order valence-electron chi connectivity index (χ1n) is 10.4. The summed E-state index contributed by atoms with van der Waals surface area (Å²) in [6.45, 7) is 11.2. The van der Waals surface area contributed by atoms with E-state index in [0.717, 1.165) is 24.0 Å². The van der Waals surface area contributed by atoms with Gasteiger partial charge >= 0.3 is 12.3 Å². The van der Waals surface area contributed by atoms with Crippen LogP contribution in [0, 0.1) is 0 Å². The smallest absolute Gasteiger partial charge is 0.430 e. The Balaban J connectivity index is 2.29. The molecule has 0 radical (unpaired) electrons. The molecule has 3 aromatic rings. The lowest BCUT2D eigenvalue weighted by Crippen LogP contribution is -2.13. The zero-order valence-corrected chi connectivity index (χ0v) is 18.3. The van der Waals surface area contributed by atoms with Crippen LogP contribution >= 0.6 is 0 Å². The molecule has 0 saturated heterocycles. The number of hydrogen-bond acceptors (Lipinski definition) is 6. The van der Waals surface area contributed by atoms with Gasteiger partial charge in [-0.1, -0.05) is 63.4 Å². The molecule has 0 saturated carbocycles. The van der Waals surface area contributed by atoms with Gasteiger partial charge < -0.3 is 18.9 Å². The second-order valence-corrected chi connectivity index (χ2v) is 7.03. The Morgan fingerprint density at radius 3 is 1.50 bits per heavy atom. The molecule has 0 aliphatic carbocycles. The van der Waals surface area contributed by atoms with Crippen molar-refractivity contribution >= 4 is 33.9 Å². The van der Waals surface area contributed by atoms with E-state index in [1.807, 2.05) is 50.2 Å². The zero-order valence-electron chi connectivity index (χ0n) is 18.3. The van der Waals surface area contributed by atoms with E-state index < -0.39 is 12.3 Å². The highest BCUT2D eigenvalue weighted by Crippen LogP contribution is 2.44. The van der Waals surface area contributed by atoms with Gasteiger partial charge in [-0.25, -0.2) is 9.59 Å². The Labute approximate surface area is 187 Å². The van der Waals surface area contributed by atoms with Crippen molar-refractivity contribution < 1.29 is 28.5 Å². The van der Waals surface area contributed by atoms with Gasteiger partial charge in [0, 0.05) is 21.5 Å². The molecule has 0 aliphatic rings. The van der Waals surface area contributed by atoms with E-state index >= 15 is 0 Å². The van der Waals surface area contributed by atoms with Crippen molar-refractivity contribution in [2.75, 3.05) is 13.2 Å². The summed E-state index contributed by atoms with van der Waals surface area (Å²) >= 11 is 0. The molecular weight excluding hydrogens is 408 g/mol. The highest BCUT2D eigenvalue weighted by molar-refractivity contribution is 6.12. The molecule has 32 heavy (non-hydrogen) atoms. The van der Waals surface area contributed by atoms with Crippen molar-refractivity contribution in [3.63, 3.8) is 0 Å². The van der Waals surface area contributed by atoms with Gasteiger partial charge in [-0.3, -0.25) is 0 Å². The second kappa shape index (κ2) is 10.5. The second-order valence-electron chi connectivity index (χ2n) is 7.03. The first-order valence-corrected chi connectivity index (χ1v) is 10.4. The summed E-state index contributed by atoms with van der Waals surface area (Å²) < 4.78 is 21.4. The minimum absolute atomic E-state index is 0.0327. The van der Waals surface area contributed by atoms with Gasteiger partial charge in [-0.2, -0.15) is 0 Å². The third kappa shape index (κ3) is 4.91. The number of fused-ring (bicyclic) bond motifs is 2. The monoisotopic (exact) mass is 434 g/mol. The van der Waals surface area contributed by atoms with Crippen LogP contribution in [0.3, 0.4) is 0 Å². The normalized spacial score (nSPS) is 10.6. The van der Waals surface area contributed by atoms with Crippen LogP contribution in [0.25, 0.3) is 21.5 Å². The van der Waals surface area contributed by atoms with E-state index in [9.17, 15) is 9.59 Å². The lowest BCUT2D eigenvalue weighted by atomic mass is 9.96. The molecule has 0 spiro atoms. The van der Waals surface area contributed by atoms with Crippen LogP contribution < -0.4 is 9.47 Å². The third-order valence-electron chi connectivity index (χ3n) is 4.97. The minimum atomic E-state index is -0.842. The van der Waals surface area contributed by atoms with Gasteiger partial charge in [0.2, 0.25) is 0 Å². The maximum absolute atomic E-state index is 12.3. The van der Waals surface area contributed by atoms with E-state index in [-0.39, 0.29) is 13.2 Å². The van der Waals surface area contributed by atoms with Crippen molar-refractivity contribution in [2.45, 2.75) is 26.7 Å². The van der Waals surface area contributed by atoms with Crippen LogP contribution in [-0.2, 0) is 22.3 Å². The van der Waals surface area contributed by atoms with Crippen LogP contribution in [0.5, 0.6) is 11.5 Å². The summed E-state index contributed by atoms with van der Waals surface area (Å²) in [6, 6.07) is 11.4. The molecule has 6 nitrogen and oxygen atoms in total. The van der Waals surface area contributed by atoms with Crippen molar-refractivity contribution in [3.8, 4) is 11.5 Å². The summed E-state index contributed by atoms with van der Waals surface area (Å²) in [5.41, 5.74) is 2.07. The van der Waals surface area contributed by atoms with Crippen LogP contribution in [0.4, 0.5) is 9.59 Å². The number of benzene rings is 3. The average molecular weight is 434 g/mol. The van der Waals surface area contributed by atoms with Gasteiger partial charge in [0.15, 0.2) is 0 Å². The lowest BCUT2D eigenvalue weighted by molar-refractivity contribution is 0.109. The predicted octanol–water partition coefficient (Wildman–Crippen LogP) is 6.52. The Morgan fingerprint density at radius 1 is 0.719 bits per heavy atom. The average Bonchev–Trinajstić information content (AvgIpc) is 2.82. The van der Waals surface area contributed by atoms with Gasteiger partial charge in [-0.05, 0) is 36.1 Å². The maximum Gasteiger partial charge on any atom is 0.514 e. The van der Waals surface area contributed by atoms with Gasteiger partial charge in [0.05, 0.1) is 0 Å². The molecule has 3 rings (SSSR count). The quantitative estimate of drug-likeness (QED) is 0.174. The third-order valence-corrected chi connectivity index (χ3v) is 4.97. The number of carbonyl (C=O) groups excluding carboxylic acids is 2. The number of ether oxygens (including phenoxy) is 4. The fourth-order valence-electron chi connectivity index (χ4n) is 3.38. The molecule has 6 heteroatoms. The lowest BCUT2D eigenvalue weighted by Gasteiger charge is -2.17. The topological polar surface area (TPSA) is 71.1 Å². The van der Waals surface area contributed by atoms with Crippen molar-refractivity contribution in [1.82, 2.24) is 0 Å². The van der Waals surface area contributed by atoms with Crippen LogP contribution in [0.1, 0.15) is 25.0 Å². The van der Waals surface area contributed by atoms with Crippen LogP contribution in [0.15, 0.2) is 61.7 Å². The Hall–Kier alpha value is -3.80. The molecule has 0 aliphatic heterocycles. The minimum Gasteiger partial charge on any atom is -0.430 e. The molecule has 166 valence electrons. The zero-order chi connectivity index (χ0) is 23.1. The van der Waals surface area contributed by atoms with Gasteiger partial charge in [0.1, 0.15) is 24.7 Å². The van der Waals surface area contributed by atoms with Crippen LogP contribution in [-0.4, -0.2) is 25.5 Å². The Bertz CT molecular complexity index is 1110. The highest BCUT2D eigenvalue weighted by Gasteiger charge is 2.22. The Morgan fingerprint density at radius 2 is 1.12 bits per heavy atom. The van der Waals surface area contributed by atoms with E-state index in [0.29, 0.717) is 33.0 Å². The first kappa shape index (κ1) is 22.9. The molecule has 0 fully saturated rings. The molecule has 0 amide bonds. The SMILES string of the molecule is C=CCOC(=O)Oc1c2ccc(CC)cc2c(OC(=O)OCC=C)c2cc(CC)ccc12. The molecule has 0 heterocycles. The number of hydrogen-bond donors (Lipinski definition) is 0. The van der Waals surface area contributed by atoms with Crippen molar-refractivity contribution in [1.29, 1.82) is 0 Å². The van der Waals surface area contributed by atoms with Crippen molar-refractivity contribution in [3.05, 3.63) is 72.8 Å². The molecule has 0 atom stereocenters. The Kier molecular flexibility index (Phi) is 7.49. The molecule has 3 aromatic carbocycles. The summed E-state index contributed by atoms with van der Waals surface area (Å²) in [5.74, 6) is 0.683. The van der Waals surface area contributed by atoms with Crippen molar-refractivity contribution in [2.24, 2.45) is 0 Å². The number of aryl methyl sites for hydroxylation is 2. The molecular formula is C26H26O6. The molecule has 0 N–H and O–H groups in total. The molecule has 0 unspecified atom stereocenters. The van der Waals surface area contributed by atoms with E-state index in [1.165, 1.54) is 12.2 Å². The molecule has 0 bridgehead atoms. The summed E-state index contributed by atoms with van der Waals surface area (Å²) in [7, 11) is 0. The summed E-state index contributed by atoms with van der Waals surface area (Å²) in [6.07, 6.45) is 2.81. The van der Waals surface area contributed by atoms with Crippen LogP contribution in [0.2, 0.25) is 0 Å². The molecule has 0 aromatic heterocycles. The maximum atomic E-state index is 12.3. The number of rotatable bonds is 8. The largest absolute Gasteiger partial charge is 0.514 e. The standard InChI is InChI=1S/C26H26O6/c1-5-13-29-25(27)31-23-19-11-9-17(7-3)15-21(19)24(32-26(28)30-14-6-2)22-16-18(8-4)10-12-20(22)23/h5-6,9-12,15-16H,1-2,7-8,13-14H2,3-4H3. The number of carbonyl (C=O) groups is 2. The van der Waals surface area contributed by atoms with E-state index in [1.54, 1.807) is 0 Å². The van der Waals surface area contributed by atoms with E-state index in [4.69, 9.17) is 18.9 Å². The van der Waals surface area contributed by atoms with E-state index in [2.05, 4.69) is 13.2 Å². The summed E-state index contributed by atoms with van der Waals surface area (Å²) in [4.78, 5) is 24.6. The highest BCUT2D eigenvalue weighted by atomic mass is 16.7. The fraction of sp³-hybridized carbons (Fsp3) is 0.231. The fourth-order valence-corrected chi connectivity index (χ4v) is 3.38. The first-order chi connectivity index (χ1) is 15.5. The summed E-state index contributed by atoms with van der Waals surface area (Å²) in [5, 5.41) is 2.49. The van der Waals surface area contributed by atoms with Gasteiger partial charge in [0.25, 0.3) is 0 Å². The predicted molar refractivity (Wildman–Crippen MR) is 125 cm³/mol. The van der Waals surface area contributed by atoms with Gasteiger partial charge in [-0.15, -0.1) is 0 Å².